The second kappa shape index (κ2) is 5.92. The highest BCUT2D eigenvalue weighted by molar-refractivity contribution is 5.87. The molecule has 0 spiro atoms. The van der Waals surface area contributed by atoms with E-state index in [4.69, 9.17) is 10.8 Å². The average Bonchev–Trinajstić information content (AvgIpc) is 2.74. The minimum absolute atomic E-state index is 0.0960. The molecule has 2 rings (SSSR count). The number of alkyl halides is 1. The summed E-state index contributed by atoms with van der Waals surface area (Å²) in [5.41, 5.74) is 7.88. The zero-order valence-corrected chi connectivity index (χ0v) is 10.9. The first-order valence-corrected chi connectivity index (χ1v) is 6.39. The van der Waals surface area contributed by atoms with E-state index in [1.54, 1.807) is 18.2 Å². The number of nitrogens with two attached hydrogens (primary N) is 1. The van der Waals surface area contributed by atoms with Crippen LogP contribution in [0.25, 0.3) is 10.9 Å². The van der Waals surface area contributed by atoms with Gasteiger partial charge in [-0.1, -0.05) is 0 Å². The number of carboxylic acids is 1. The smallest absolute Gasteiger partial charge is 0.320 e. The number of phenols is 1. The van der Waals surface area contributed by atoms with Crippen LogP contribution >= 0.6 is 0 Å². The third-order valence-electron chi connectivity index (χ3n) is 3.28. The molecule has 0 amide bonds. The molecule has 0 fully saturated rings. The highest BCUT2D eigenvalue weighted by atomic mass is 18.2. The van der Waals surface area contributed by atoms with E-state index in [9.17, 15) is 14.3 Å². The highest BCUT2D eigenvalue weighted by Gasteiger charge is 2.18. The van der Waals surface area contributed by atoms with Crippen molar-refractivity contribution in [1.82, 2.24) is 4.98 Å². The summed E-state index contributed by atoms with van der Waals surface area (Å²) in [5.74, 6) is -0.991. The molecule has 5 N–H and O–H groups in total. The summed E-state index contributed by atoms with van der Waals surface area (Å²) in [6.07, 6.45) is 0.974. The number of aromatic amines is 1. The molecule has 5 nitrogen and oxygen atoms in total. The van der Waals surface area contributed by atoms with Gasteiger partial charge in [0, 0.05) is 23.0 Å². The quantitative estimate of drug-likeness (QED) is 0.647. The Labute approximate surface area is 115 Å². The third kappa shape index (κ3) is 2.91. The van der Waals surface area contributed by atoms with E-state index >= 15 is 0 Å². The first-order valence-electron chi connectivity index (χ1n) is 6.39. The number of aryl methyl sites for hydroxylation is 1. The molecule has 20 heavy (non-hydrogen) atoms. The van der Waals surface area contributed by atoms with Crippen LogP contribution in [0.5, 0.6) is 5.75 Å². The van der Waals surface area contributed by atoms with Crippen molar-refractivity contribution in [2.45, 2.75) is 25.3 Å². The van der Waals surface area contributed by atoms with Crippen LogP contribution in [-0.4, -0.2) is 33.9 Å². The first kappa shape index (κ1) is 14.3. The van der Waals surface area contributed by atoms with E-state index in [1.165, 1.54) is 0 Å². The summed E-state index contributed by atoms with van der Waals surface area (Å²) in [6.45, 7) is -0.439. The Kier molecular flexibility index (Phi) is 4.24. The molecule has 0 aliphatic carbocycles. The third-order valence-corrected chi connectivity index (χ3v) is 3.28. The zero-order valence-electron chi connectivity index (χ0n) is 10.9. The number of benzene rings is 1. The lowest BCUT2D eigenvalue weighted by Crippen LogP contribution is -2.32. The predicted octanol–water partition coefficient (Wildman–Crippen LogP) is 1.73. The molecular formula is C14H17FN2O3. The highest BCUT2D eigenvalue weighted by Crippen LogP contribution is 2.28. The van der Waals surface area contributed by atoms with E-state index in [-0.39, 0.29) is 12.2 Å². The van der Waals surface area contributed by atoms with Gasteiger partial charge in [-0.2, -0.15) is 0 Å². The van der Waals surface area contributed by atoms with Crippen molar-refractivity contribution in [3.05, 3.63) is 29.5 Å². The maximum absolute atomic E-state index is 12.3. The number of halogens is 1. The molecule has 0 saturated heterocycles. The number of rotatable bonds is 6. The van der Waals surface area contributed by atoms with Crippen molar-refractivity contribution in [3.63, 3.8) is 0 Å². The Bertz CT molecular complexity index is 624. The van der Waals surface area contributed by atoms with Crippen molar-refractivity contribution in [2.24, 2.45) is 5.73 Å². The summed E-state index contributed by atoms with van der Waals surface area (Å²) < 4.78 is 12.3. The number of nitrogens with one attached hydrogen (secondary N) is 1. The van der Waals surface area contributed by atoms with Gasteiger partial charge in [0.15, 0.2) is 0 Å². The number of hydrogen-bond donors (Lipinski definition) is 4. The molecule has 1 heterocycles. The molecule has 108 valence electrons. The number of carbonyl (C=O) groups is 1. The molecular weight excluding hydrogens is 262 g/mol. The fourth-order valence-corrected chi connectivity index (χ4v) is 2.29. The van der Waals surface area contributed by atoms with Crippen LogP contribution in [-0.2, 0) is 17.6 Å². The minimum Gasteiger partial charge on any atom is -0.508 e. The van der Waals surface area contributed by atoms with E-state index < -0.39 is 18.7 Å². The van der Waals surface area contributed by atoms with Crippen molar-refractivity contribution >= 4 is 16.9 Å². The lowest BCUT2D eigenvalue weighted by Gasteiger charge is -2.08. The van der Waals surface area contributed by atoms with E-state index in [1.807, 2.05) is 0 Å². The summed E-state index contributed by atoms with van der Waals surface area (Å²) in [4.78, 5) is 14.1. The SMILES string of the molecule is NC(Cc1c(CCC[18F])[nH]c2ccc(O)cc12)C(=O)O. The van der Waals surface area contributed by atoms with Crippen LogP contribution in [0.1, 0.15) is 17.7 Å². The number of carboxylic acid groups (broad SMARTS) is 1. The molecule has 0 aliphatic heterocycles. The zero-order chi connectivity index (χ0) is 14.7. The second-order valence-electron chi connectivity index (χ2n) is 4.75. The van der Waals surface area contributed by atoms with Gasteiger partial charge in [0.1, 0.15) is 11.8 Å². The largest absolute Gasteiger partial charge is 0.508 e. The Morgan fingerprint density at radius 1 is 1.45 bits per heavy atom. The lowest BCUT2D eigenvalue weighted by molar-refractivity contribution is -0.138. The number of aromatic nitrogens is 1. The van der Waals surface area contributed by atoms with Gasteiger partial charge in [-0.15, -0.1) is 0 Å². The van der Waals surface area contributed by atoms with Gasteiger partial charge in [0.25, 0.3) is 0 Å². The van der Waals surface area contributed by atoms with Gasteiger partial charge < -0.3 is 20.9 Å². The summed E-state index contributed by atoms with van der Waals surface area (Å²) >= 11 is 0. The number of fused-ring (bicyclic) bond motifs is 1. The van der Waals surface area contributed by atoms with Gasteiger partial charge in [-0.05, 0) is 36.6 Å². The minimum atomic E-state index is -1.09. The second-order valence-corrected chi connectivity index (χ2v) is 4.75. The molecule has 1 aromatic heterocycles. The van der Waals surface area contributed by atoms with E-state index in [0.717, 1.165) is 22.2 Å². The number of aliphatic carboxylic acids is 1. The van der Waals surface area contributed by atoms with Crippen LogP contribution in [0.3, 0.4) is 0 Å². The number of phenolic OH excluding ortho intramolecular Hbond substituents is 1. The van der Waals surface area contributed by atoms with Crippen LogP contribution in [0.2, 0.25) is 0 Å². The summed E-state index contributed by atoms with van der Waals surface area (Å²) in [5, 5.41) is 19.2. The van der Waals surface area contributed by atoms with Gasteiger partial charge >= 0.3 is 5.97 Å². The lowest BCUT2D eigenvalue weighted by atomic mass is 10.0. The Morgan fingerprint density at radius 3 is 2.85 bits per heavy atom. The molecule has 1 aromatic carbocycles. The van der Waals surface area contributed by atoms with Crippen molar-refractivity contribution in [1.29, 1.82) is 0 Å². The summed E-state index contributed by atoms with van der Waals surface area (Å²) in [7, 11) is 0. The topological polar surface area (TPSA) is 99.3 Å². The Hall–Kier alpha value is -2.08. The Balaban J connectivity index is 2.45. The molecule has 2 aromatic rings. The number of aromatic hydroxyl groups is 1. The number of H-pyrrole nitrogens is 1. The van der Waals surface area contributed by atoms with Crippen LogP contribution in [0.15, 0.2) is 18.2 Å². The maximum atomic E-state index is 12.3. The van der Waals surface area contributed by atoms with Gasteiger partial charge in [-0.3, -0.25) is 9.18 Å². The van der Waals surface area contributed by atoms with E-state index in [2.05, 4.69) is 4.98 Å². The molecule has 1 unspecified atom stereocenters. The van der Waals surface area contributed by atoms with Gasteiger partial charge in [0.05, 0.1) is 6.67 Å². The Morgan fingerprint density at radius 2 is 2.20 bits per heavy atom. The fraction of sp³-hybridized carbons (Fsp3) is 0.357. The van der Waals surface area contributed by atoms with Crippen LogP contribution in [0.4, 0.5) is 4.39 Å². The normalized spacial score (nSPS) is 12.7. The van der Waals surface area contributed by atoms with Crippen molar-refractivity contribution in [2.75, 3.05) is 6.67 Å². The molecule has 1 atom stereocenters. The van der Waals surface area contributed by atoms with Crippen LogP contribution < -0.4 is 5.73 Å². The standard InChI is InChI=1S/C14H17FN2O3/c15-5-1-2-12-10(7-11(16)14(19)20)9-6-8(18)3-4-13(9)17-12/h3-4,6,11,17-18H,1-2,5,7,16H2,(H,19,20)/i15-1. The molecule has 6 heteroatoms. The van der Waals surface area contributed by atoms with Crippen LogP contribution in [0, 0.1) is 0 Å². The maximum Gasteiger partial charge on any atom is 0.320 e. The van der Waals surface area contributed by atoms with Crippen molar-refractivity contribution < 1.29 is 19.4 Å². The average molecular weight is 279 g/mol. The van der Waals surface area contributed by atoms with Gasteiger partial charge in [-0.25, -0.2) is 0 Å². The van der Waals surface area contributed by atoms with Gasteiger partial charge in [0.2, 0.25) is 0 Å². The first-order chi connectivity index (χ1) is 9.52. The number of hydrogen-bond acceptors (Lipinski definition) is 3. The monoisotopic (exact) mass is 279 g/mol. The van der Waals surface area contributed by atoms with Crippen molar-refractivity contribution in [3.8, 4) is 5.75 Å². The predicted molar refractivity (Wildman–Crippen MR) is 73.6 cm³/mol. The molecule has 0 aliphatic rings. The summed E-state index contributed by atoms with van der Waals surface area (Å²) in [6, 6.07) is 3.78. The van der Waals surface area contributed by atoms with E-state index in [0.29, 0.717) is 12.8 Å². The molecule has 0 radical (unpaired) electrons. The molecule has 0 bridgehead atoms. The molecule has 0 saturated carbocycles. The fourth-order valence-electron chi connectivity index (χ4n) is 2.29.